The largest absolute Gasteiger partial charge is 0.493 e. The van der Waals surface area contributed by atoms with E-state index in [9.17, 15) is 9.59 Å². The highest BCUT2D eigenvalue weighted by Crippen LogP contribution is 2.39. The summed E-state index contributed by atoms with van der Waals surface area (Å²) in [6.45, 7) is 2.06. The van der Waals surface area contributed by atoms with E-state index in [0.29, 0.717) is 27.8 Å². The molecule has 1 heterocycles. The molecule has 0 saturated heterocycles. The fourth-order valence-corrected chi connectivity index (χ4v) is 5.73. The third-order valence-electron chi connectivity index (χ3n) is 5.91. The van der Waals surface area contributed by atoms with Gasteiger partial charge in [0.25, 0.3) is 5.91 Å². The Morgan fingerprint density at radius 3 is 2.59 bits per heavy atom. The summed E-state index contributed by atoms with van der Waals surface area (Å²) in [4.78, 5) is 26.4. The summed E-state index contributed by atoms with van der Waals surface area (Å²) < 4.78 is 17.1. The number of hydrogen-bond donors (Lipinski definition) is 1. The Labute approximate surface area is 207 Å². The Bertz CT molecular complexity index is 1240. The Balaban J connectivity index is 1.53. The zero-order valence-electron chi connectivity index (χ0n) is 19.2. The predicted octanol–water partition coefficient (Wildman–Crippen LogP) is 5.59. The third kappa shape index (κ3) is 4.76. The average molecular weight is 500 g/mol. The molecule has 3 unspecified atom stereocenters. The topological polar surface area (TPSA) is 73.9 Å². The van der Waals surface area contributed by atoms with E-state index in [0.717, 1.165) is 15.6 Å². The number of methoxy groups -OCH3 is 2. The van der Waals surface area contributed by atoms with Crippen LogP contribution in [0.15, 0.2) is 54.6 Å². The summed E-state index contributed by atoms with van der Waals surface area (Å²) in [5.74, 6) is -0.0999. The van der Waals surface area contributed by atoms with Crippen LogP contribution in [0.5, 0.6) is 11.5 Å². The number of benzene rings is 2. The van der Waals surface area contributed by atoms with Crippen molar-refractivity contribution in [1.29, 1.82) is 0 Å². The smallest absolute Gasteiger partial charge is 0.314 e. The van der Waals surface area contributed by atoms with Crippen molar-refractivity contribution in [3.63, 3.8) is 0 Å². The number of thiophene rings is 1. The molecule has 8 heteroatoms. The minimum Gasteiger partial charge on any atom is -0.493 e. The number of rotatable bonds is 8. The highest BCUT2D eigenvalue weighted by molar-refractivity contribution is 7.21. The first-order chi connectivity index (χ1) is 16.5. The molecular formula is C26H26ClNO5S. The maximum absolute atomic E-state index is 13.0. The van der Waals surface area contributed by atoms with Gasteiger partial charge in [0.1, 0.15) is 4.88 Å². The van der Waals surface area contributed by atoms with Gasteiger partial charge < -0.3 is 19.5 Å². The molecule has 1 aliphatic carbocycles. The Morgan fingerprint density at radius 2 is 1.88 bits per heavy atom. The van der Waals surface area contributed by atoms with E-state index in [1.54, 1.807) is 33.3 Å². The lowest BCUT2D eigenvalue weighted by Crippen LogP contribution is -2.33. The molecule has 0 radical (unpaired) electrons. The summed E-state index contributed by atoms with van der Waals surface area (Å²) in [5.41, 5.74) is 0.769. The van der Waals surface area contributed by atoms with Gasteiger partial charge in [0.2, 0.25) is 0 Å². The normalized spacial score (nSPS) is 18.0. The van der Waals surface area contributed by atoms with Crippen LogP contribution < -0.4 is 14.8 Å². The van der Waals surface area contributed by atoms with Crippen LogP contribution in [0.1, 0.15) is 34.5 Å². The van der Waals surface area contributed by atoms with Crippen molar-refractivity contribution >= 4 is 44.9 Å². The number of fused-ring (bicyclic) bond motifs is 1. The summed E-state index contributed by atoms with van der Waals surface area (Å²) in [6, 6.07) is 12.9. The molecular weight excluding hydrogens is 474 g/mol. The van der Waals surface area contributed by atoms with E-state index >= 15 is 0 Å². The molecule has 6 nitrogen and oxygen atoms in total. The first kappa shape index (κ1) is 24.1. The van der Waals surface area contributed by atoms with Gasteiger partial charge in [-0.1, -0.05) is 48.0 Å². The van der Waals surface area contributed by atoms with Crippen molar-refractivity contribution in [2.75, 3.05) is 20.8 Å². The van der Waals surface area contributed by atoms with Crippen molar-refractivity contribution in [2.24, 2.45) is 5.92 Å². The number of nitrogens with one attached hydrogen (secondary N) is 1. The van der Waals surface area contributed by atoms with Crippen molar-refractivity contribution in [1.82, 2.24) is 5.32 Å². The molecule has 178 valence electrons. The number of allylic oxidation sites excluding steroid dienone is 1. The average Bonchev–Trinajstić information content (AvgIpc) is 3.43. The summed E-state index contributed by atoms with van der Waals surface area (Å²) in [6.07, 6.45) is 4.46. The van der Waals surface area contributed by atoms with Crippen LogP contribution in [-0.2, 0) is 9.53 Å². The molecule has 0 spiro atoms. The molecule has 0 fully saturated rings. The van der Waals surface area contributed by atoms with Crippen LogP contribution in [0, 0.1) is 5.92 Å². The van der Waals surface area contributed by atoms with Crippen molar-refractivity contribution < 1.29 is 23.8 Å². The zero-order chi connectivity index (χ0) is 24.2. The standard InChI is InChI=1S/C26H26ClNO5S/c1-4-33-26(30)22(16-10-12-19(31-2)20(14-16)32-3)15-9-11-17(13-15)28-25(29)24-23(27)18-7-5-6-8-21(18)34-24/h5-12,14-15,17,22H,4,13H2,1-3H3,(H,28,29). The highest BCUT2D eigenvalue weighted by Gasteiger charge is 2.35. The molecule has 2 aromatic carbocycles. The molecule has 0 saturated carbocycles. The minimum atomic E-state index is -0.536. The number of hydrogen-bond acceptors (Lipinski definition) is 6. The molecule has 1 aromatic heterocycles. The van der Waals surface area contributed by atoms with Gasteiger partial charge in [-0.2, -0.15) is 0 Å². The third-order valence-corrected chi connectivity index (χ3v) is 7.58. The lowest BCUT2D eigenvalue weighted by atomic mass is 9.85. The first-order valence-electron chi connectivity index (χ1n) is 11.0. The van der Waals surface area contributed by atoms with E-state index < -0.39 is 5.92 Å². The predicted molar refractivity (Wildman–Crippen MR) is 134 cm³/mol. The number of esters is 1. The van der Waals surface area contributed by atoms with Crippen molar-refractivity contribution in [2.45, 2.75) is 25.3 Å². The minimum absolute atomic E-state index is 0.152. The molecule has 1 aliphatic rings. The lowest BCUT2D eigenvalue weighted by Gasteiger charge is -2.23. The monoisotopic (exact) mass is 499 g/mol. The van der Waals surface area contributed by atoms with Gasteiger partial charge in [0.15, 0.2) is 11.5 Å². The van der Waals surface area contributed by atoms with Gasteiger partial charge in [0.05, 0.1) is 31.8 Å². The zero-order valence-corrected chi connectivity index (χ0v) is 20.7. The molecule has 1 N–H and O–H groups in total. The van der Waals surface area contributed by atoms with Gasteiger partial charge in [0, 0.05) is 16.1 Å². The highest BCUT2D eigenvalue weighted by atomic mass is 35.5. The van der Waals surface area contributed by atoms with Crippen molar-refractivity contribution in [3.8, 4) is 11.5 Å². The van der Waals surface area contributed by atoms with Crippen molar-refractivity contribution in [3.05, 3.63) is 70.1 Å². The number of ether oxygens (including phenoxy) is 3. The molecule has 0 aliphatic heterocycles. The fraction of sp³-hybridized carbons (Fsp3) is 0.308. The SMILES string of the molecule is CCOC(=O)C(c1ccc(OC)c(OC)c1)C1C=CC(NC(=O)c2sc3ccccc3c2Cl)C1. The fourth-order valence-electron chi connectivity index (χ4n) is 4.31. The number of halogens is 1. The van der Waals surface area contributed by atoms with Crippen LogP contribution in [0.2, 0.25) is 5.02 Å². The van der Waals surface area contributed by atoms with E-state index in [1.807, 2.05) is 42.5 Å². The Kier molecular flexibility index (Phi) is 7.44. The maximum Gasteiger partial charge on any atom is 0.314 e. The van der Waals surface area contributed by atoms with E-state index in [4.69, 9.17) is 25.8 Å². The summed E-state index contributed by atoms with van der Waals surface area (Å²) in [7, 11) is 3.12. The van der Waals surface area contributed by atoms with Crippen LogP contribution >= 0.6 is 22.9 Å². The molecule has 4 rings (SSSR count). The van der Waals surface area contributed by atoms with Crippen LogP contribution in [0.3, 0.4) is 0 Å². The van der Waals surface area contributed by atoms with Crippen LogP contribution in [0.4, 0.5) is 0 Å². The molecule has 1 amide bonds. The number of amides is 1. The number of carbonyl (C=O) groups is 2. The van der Waals surface area contributed by atoms with Gasteiger partial charge in [-0.15, -0.1) is 11.3 Å². The van der Waals surface area contributed by atoms with E-state index in [2.05, 4.69) is 5.32 Å². The quantitative estimate of drug-likeness (QED) is 0.323. The van der Waals surface area contributed by atoms with Gasteiger partial charge in [-0.25, -0.2) is 0 Å². The molecule has 0 bridgehead atoms. The molecule has 3 aromatic rings. The maximum atomic E-state index is 13.0. The molecule has 3 atom stereocenters. The van der Waals surface area contributed by atoms with Crippen LogP contribution in [0.25, 0.3) is 10.1 Å². The second-order valence-electron chi connectivity index (χ2n) is 7.95. The van der Waals surface area contributed by atoms with Crippen LogP contribution in [-0.4, -0.2) is 38.7 Å². The first-order valence-corrected chi connectivity index (χ1v) is 12.2. The van der Waals surface area contributed by atoms with E-state index in [1.165, 1.54) is 11.3 Å². The Hall–Kier alpha value is -3.03. The second kappa shape index (κ2) is 10.5. The van der Waals surface area contributed by atoms with Gasteiger partial charge in [-0.05, 0) is 43.0 Å². The molecule has 34 heavy (non-hydrogen) atoms. The lowest BCUT2D eigenvalue weighted by molar-refractivity contribution is -0.146. The Morgan fingerprint density at radius 1 is 1.12 bits per heavy atom. The van der Waals surface area contributed by atoms with Gasteiger partial charge >= 0.3 is 5.97 Å². The summed E-state index contributed by atoms with van der Waals surface area (Å²) in [5, 5.41) is 4.38. The summed E-state index contributed by atoms with van der Waals surface area (Å²) >= 11 is 7.84. The number of carbonyl (C=O) groups excluding carboxylic acids is 2. The van der Waals surface area contributed by atoms with E-state index in [-0.39, 0.29) is 30.4 Å². The van der Waals surface area contributed by atoms with Gasteiger partial charge in [-0.3, -0.25) is 9.59 Å². The second-order valence-corrected chi connectivity index (χ2v) is 9.38.